The van der Waals surface area contributed by atoms with E-state index in [-0.39, 0.29) is 19.5 Å². The van der Waals surface area contributed by atoms with Crippen molar-refractivity contribution in [2.45, 2.75) is 6.92 Å². The van der Waals surface area contributed by atoms with E-state index in [1.54, 1.807) is 7.11 Å². The zero-order valence-electron chi connectivity index (χ0n) is 20.6. The van der Waals surface area contributed by atoms with Crippen molar-refractivity contribution in [1.82, 2.24) is 0 Å². The third-order valence-corrected chi connectivity index (χ3v) is 3.43. The van der Waals surface area contributed by atoms with Gasteiger partial charge in [-0.2, -0.15) is 11.5 Å². The summed E-state index contributed by atoms with van der Waals surface area (Å²) in [5.41, 5.74) is 0. The van der Waals surface area contributed by atoms with Gasteiger partial charge in [-0.25, -0.2) is 0 Å². The molecule has 0 amide bonds. The molecule has 0 atom stereocenters. The Morgan fingerprint density at radius 1 is 0.394 bits per heavy atom. The molecule has 0 aliphatic carbocycles. The average Bonchev–Trinajstić information content (AvgIpc) is 2.79. The predicted octanol–water partition coefficient (Wildman–Crippen LogP) is 0.863. The Hall–Kier alpha value is 0.963. The fourth-order valence-corrected chi connectivity index (χ4v) is 1.96. The SMILES string of the molecule is CC[S-].COCCOCCOCCOCCOCCOCCOCCOCCOCC[S-].[Zn+2]. The Labute approximate surface area is 224 Å². The maximum Gasteiger partial charge on any atom is 2.00 e. The van der Waals surface area contributed by atoms with Crippen LogP contribution in [0.2, 0.25) is 0 Å². The summed E-state index contributed by atoms with van der Waals surface area (Å²) in [6.07, 6.45) is 0. The van der Waals surface area contributed by atoms with Gasteiger partial charge in [0.05, 0.1) is 106 Å². The van der Waals surface area contributed by atoms with Gasteiger partial charge in [-0.3, -0.25) is 0 Å². The van der Waals surface area contributed by atoms with E-state index in [2.05, 4.69) is 12.6 Å². The van der Waals surface area contributed by atoms with Gasteiger partial charge in [-0.05, 0) is 0 Å². The second kappa shape index (κ2) is 40.1. The summed E-state index contributed by atoms with van der Waals surface area (Å²) in [5, 5.41) is 0. The Morgan fingerprint density at radius 2 is 0.576 bits per heavy atom. The average molecular weight is 570 g/mol. The molecule has 0 aliphatic heterocycles. The van der Waals surface area contributed by atoms with Crippen LogP contribution in [-0.2, 0) is 87.4 Å². The van der Waals surface area contributed by atoms with Gasteiger partial charge in [-0.15, -0.1) is 0 Å². The summed E-state index contributed by atoms with van der Waals surface area (Å²) in [7, 11) is 1.65. The summed E-state index contributed by atoms with van der Waals surface area (Å²) in [4.78, 5) is 0. The largest absolute Gasteiger partial charge is 2.00 e. The van der Waals surface area contributed by atoms with E-state index in [1.165, 1.54) is 0 Å². The van der Waals surface area contributed by atoms with Gasteiger partial charge >= 0.3 is 19.5 Å². The minimum absolute atomic E-state index is 0. The van der Waals surface area contributed by atoms with Crippen molar-refractivity contribution in [3.8, 4) is 0 Å². The maximum atomic E-state index is 5.41. The molecule has 0 radical (unpaired) electrons. The van der Waals surface area contributed by atoms with Crippen LogP contribution >= 0.6 is 0 Å². The summed E-state index contributed by atoms with van der Waals surface area (Å²) >= 11 is 9.16. The second-order valence-electron chi connectivity index (χ2n) is 5.88. The molecule has 0 aromatic heterocycles. The fourth-order valence-electron chi connectivity index (χ4n) is 1.84. The van der Waals surface area contributed by atoms with Crippen LogP contribution in [0, 0.1) is 0 Å². The van der Waals surface area contributed by atoms with Gasteiger partial charge in [0.2, 0.25) is 0 Å². The van der Waals surface area contributed by atoms with Crippen molar-refractivity contribution in [3.05, 3.63) is 0 Å². The van der Waals surface area contributed by atoms with Gasteiger partial charge in [0.15, 0.2) is 0 Å². The first-order chi connectivity index (χ1) is 15.8. The van der Waals surface area contributed by atoms with Gasteiger partial charge in [-0.1, -0.05) is 6.92 Å². The van der Waals surface area contributed by atoms with E-state index >= 15 is 0 Å². The standard InChI is InChI=1S/C19H40O9S.C2H6S.Zn/c1-20-2-3-21-4-5-22-6-7-23-8-9-24-10-11-25-12-13-26-14-15-27-16-17-28-18-19-29;1-2-3;/h29H,2-19H2,1H3;3H,2H2,1H3;/q;;+2/p-2. The summed E-state index contributed by atoms with van der Waals surface area (Å²) < 4.78 is 47.7. The van der Waals surface area contributed by atoms with Crippen LogP contribution in [0.5, 0.6) is 0 Å². The zero-order valence-corrected chi connectivity index (χ0v) is 25.2. The maximum absolute atomic E-state index is 5.41. The van der Waals surface area contributed by atoms with Crippen molar-refractivity contribution < 1.29 is 62.1 Å². The van der Waals surface area contributed by atoms with Crippen molar-refractivity contribution >= 4 is 25.3 Å². The summed E-state index contributed by atoms with van der Waals surface area (Å²) in [6.45, 7) is 11.4. The van der Waals surface area contributed by atoms with E-state index in [0.29, 0.717) is 118 Å². The molecule has 0 N–H and O–H groups in total. The molecule has 0 bridgehead atoms. The van der Waals surface area contributed by atoms with Crippen LogP contribution in [0.15, 0.2) is 0 Å². The van der Waals surface area contributed by atoms with E-state index in [9.17, 15) is 0 Å². The van der Waals surface area contributed by atoms with E-state index in [4.69, 9.17) is 55.3 Å². The van der Waals surface area contributed by atoms with E-state index in [1.807, 2.05) is 6.92 Å². The predicted molar refractivity (Wildman–Crippen MR) is 129 cm³/mol. The normalized spacial score (nSPS) is 10.5. The number of methoxy groups -OCH3 is 1. The van der Waals surface area contributed by atoms with Gasteiger partial charge in [0.25, 0.3) is 0 Å². The van der Waals surface area contributed by atoms with Crippen LogP contribution in [0.25, 0.3) is 0 Å². The third kappa shape index (κ3) is 43.5. The molecule has 0 aliphatic rings. The topological polar surface area (TPSA) is 83.1 Å². The molecule has 0 unspecified atom stereocenters. The monoisotopic (exact) mass is 568 g/mol. The summed E-state index contributed by atoms with van der Waals surface area (Å²) in [5.74, 6) is 1.45. The molecule has 0 fully saturated rings. The van der Waals surface area contributed by atoms with E-state index in [0.717, 1.165) is 5.75 Å². The van der Waals surface area contributed by atoms with Crippen LogP contribution < -0.4 is 0 Å². The summed E-state index contributed by atoms with van der Waals surface area (Å²) in [6, 6.07) is 0. The van der Waals surface area contributed by atoms with Crippen molar-refractivity contribution in [1.29, 1.82) is 0 Å². The Balaban J connectivity index is -0.00000212. The molecule has 0 saturated carbocycles. The molecule has 0 spiro atoms. The molecule has 0 saturated heterocycles. The molecule has 196 valence electrons. The van der Waals surface area contributed by atoms with Crippen molar-refractivity contribution in [2.24, 2.45) is 0 Å². The number of ether oxygens (including phenoxy) is 9. The molecule has 0 aromatic carbocycles. The first-order valence-corrected chi connectivity index (χ1v) is 12.3. The molecular formula is C21H44O9S2Zn. The number of hydrogen-bond acceptors (Lipinski definition) is 11. The first-order valence-electron chi connectivity index (χ1n) is 11.1. The minimum Gasteiger partial charge on any atom is -0.793 e. The first kappa shape index (κ1) is 38.5. The van der Waals surface area contributed by atoms with E-state index < -0.39 is 0 Å². The smallest absolute Gasteiger partial charge is 0.793 e. The molecular weight excluding hydrogens is 526 g/mol. The van der Waals surface area contributed by atoms with Crippen molar-refractivity contribution in [3.63, 3.8) is 0 Å². The fraction of sp³-hybridized carbons (Fsp3) is 1.00. The van der Waals surface area contributed by atoms with Gasteiger partial charge < -0.3 is 67.9 Å². The zero-order chi connectivity index (χ0) is 23.8. The molecule has 9 nitrogen and oxygen atoms in total. The molecule has 0 rings (SSSR count). The molecule has 33 heavy (non-hydrogen) atoms. The molecule has 0 aromatic rings. The Bertz CT molecular complexity index is 287. The number of hydrogen-bond donors (Lipinski definition) is 0. The van der Waals surface area contributed by atoms with Crippen LogP contribution in [0.4, 0.5) is 0 Å². The van der Waals surface area contributed by atoms with Gasteiger partial charge in [0, 0.05) is 13.7 Å². The Kier molecular flexibility index (Phi) is 46.8. The molecule has 12 heteroatoms. The number of rotatable bonds is 26. The van der Waals surface area contributed by atoms with Crippen molar-refractivity contribution in [2.75, 3.05) is 131 Å². The Morgan fingerprint density at radius 3 is 0.758 bits per heavy atom. The molecule has 0 heterocycles. The third-order valence-electron chi connectivity index (χ3n) is 3.26. The van der Waals surface area contributed by atoms with Gasteiger partial charge in [0.1, 0.15) is 0 Å². The second-order valence-corrected chi connectivity index (χ2v) is 6.87. The quantitative estimate of drug-likeness (QED) is 0.0845. The minimum atomic E-state index is 0. The van der Waals surface area contributed by atoms with Crippen LogP contribution in [0.1, 0.15) is 6.92 Å². The van der Waals surface area contributed by atoms with Crippen LogP contribution in [0.3, 0.4) is 0 Å². The van der Waals surface area contributed by atoms with Crippen LogP contribution in [-0.4, -0.2) is 131 Å².